The molecular weight excluding hydrogens is 252 g/mol. The molecule has 2 aliphatic rings. The Morgan fingerprint density at radius 3 is 2.65 bits per heavy atom. The fraction of sp³-hybridized carbons (Fsp3) is 0.938. The molecule has 1 heterocycles. The lowest BCUT2D eigenvalue weighted by molar-refractivity contribution is -0.148. The third-order valence-electron chi connectivity index (χ3n) is 5.49. The van der Waals surface area contributed by atoms with E-state index in [1.54, 1.807) is 0 Å². The SMILES string of the molecule is CNC(C)(CCN1CCC2CCCCC2C1)C(=O)OC. The average Bonchev–Trinajstić information content (AvgIpc) is 2.51. The smallest absolute Gasteiger partial charge is 0.325 e. The molecule has 0 aromatic rings. The molecule has 4 nitrogen and oxygen atoms in total. The summed E-state index contributed by atoms with van der Waals surface area (Å²) < 4.78 is 4.91. The normalized spacial score (nSPS) is 30.4. The van der Waals surface area contributed by atoms with Crippen molar-refractivity contribution in [1.82, 2.24) is 10.2 Å². The molecule has 0 radical (unpaired) electrons. The summed E-state index contributed by atoms with van der Waals surface area (Å²) in [6.45, 7) is 5.34. The van der Waals surface area contributed by atoms with Crippen LogP contribution in [0.3, 0.4) is 0 Å². The van der Waals surface area contributed by atoms with Crippen LogP contribution in [-0.4, -0.2) is 50.2 Å². The predicted octanol–water partition coefficient (Wildman–Crippen LogP) is 2.04. The molecule has 0 bridgehead atoms. The third kappa shape index (κ3) is 3.53. The number of likely N-dealkylation sites (N-methyl/N-ethyl adjacent to an activating group) is 1. The number of carbonyl (C=O) groups is 1. The fourth-order valence-electron chi connectivity index (χ4n) is 3.82. The first-order valence-electron chi connectivity index (χ1n) is 8.09. The standard InChI is InChI=1S/C16H30N2O2/c1-16(17-2,15(19)20-3)9-11-18-10-8-13-6-4-5-7-14(13)12-18/h13-14,17H,4-12H2,1-3H3. The van der Waals surface area contributed by atoms with Crippen LogP contribution in [0.5, 0.6) is 0 Å². The Bertz CT molecular complexity index is 334. The maximum Gasteiger partial charge on any atom is 0.325 e. The van der Waals surface area contributed by atoms with Gasteiger partial charge in [-0.2, -0.15) is 0 Å². The first-order chi connectivity index (χ1) is 9.59. The molecule has 3 atom stereocenters. The molecule has 116 valence electrons. The van der Waals surface area contributed by atoms with Crippen molar-refractivity contribution < 1.29 is 9.53 Å². The molecule has 0 aromatic carbocycles. The molecule has 1 saturated heterocycles. The lowest BCUT2D eigenvalue weighted by atomic mass is 9.75. The van der Waals surface area contributed by atoms with Crippen LogP contribution in [0, 0.1) is 11.8 Å². The van der Waals surface area contributed by atoms with E-state index in [2.05, 4.69) is 10.2 Å². The van der Waals surface area contributed by atoms with Crippen LogP contribution in [0.25, 0.3) is 0 Å². The Hall–Kier alpha value is -0.610. The van der Waals surface area contributed by atoms with Gasteiger partial charge in [-0.25, -0.2) is 0 Å². The number of hydrogen-bond acceptors (Lipinski definition) is 4. The van der Waals surface area contributed by atoms with E-state index in [1.807, 2.05) is 14.0 Å². The largest absolute Gasteiger partial charge is 0.468 e. The number of nitrogens with one attached hydrogen (secondary N) is 1. The number of esters is 1. The fourth-order valence-corrected chi connectivity index (χ4v) is 3.82. The Kier molecular flexibility index (Phi) is 5.44. The van der Waals surface area contributed by atoms with Crippen molar-refractivity contribution in [1.29, 1.82) is 0 Å². The molecule has 3 unspecified atom stereocenters. The van der Waals surface area contributed by atoms with Crippen molar-refractivity contribution in [3.8, 4) is 0 Å². The third-order valence-corrected chi connectivity index (χ3v) is 5.49. The lowest BCUT2D eigenvalue weighted by Crippen LogP contribution is -2.51. The first kappa shape index (κ1) is 15.8. The second-order valence-corrected chi connectivity index (χ2v) is 6.72. The number of methoxy groups -OCH3 is 1. The van der Waals surface area contributed by atoms with E-state index >= 15 is 0 Å². The van der Waals surface area contributed by atoms with Crippen molar-refractivity contribution >= 4 is 5.97 Å². The molecular formula is C16H30N2O2. The van der Waals surface area contributed by atoms with Gasteiger partial charge in [0.2, 0.25) is 0 Å². The van der Waals surface area contributed by atoms with Crippen LogP contribution < -0.4 is 5.32 Å². The maximum atomic E-state index is 11.9. The topological polar surface area (TPSA) is 41.6 Å². The molecule has 1 saturated carbocycles. The Morgan fingerprint density at radius 1 is 1.30 bits per heavy atom. The van der Waals surface area contributed by atoms with E-state index in [9.17, 15) is 4.79 Å². The Labute approximate surface area is 123 Å². The molecule has 1 aliphatic carbocycles. The monoisotopic (exact) mass is 282 g/mol. The molecule has 4 heteroatoms. The summed E-state index contributed by atoms with van der Waals surface area (Å²) in [5.41, 5.74) is -0.557. The molecule has 20 heavy (non-hydrogen) atoms. The number of piperidine rings is 1. The van der Waals surface area contributed by atoms with Gasteiger partial charge in [0.25, 0.3) is 0 Å². The number of likely N-dealkylation sites (tertiary alicyclic amines) is 1. The zero-order chi connectivity index (χ0) is 14.6. The van der Waals surface area contributed by atoms with Crippen LogP contribution in [-0.2, 0) is 9.53 Å². The van der Waals surface area contributed by atoms with Gasteiger partial charge in [-0.3, -0.25) is 4.79 Å². The molecule has 0 amide bonds. The molecule has 1 N–H and O–H groups in total. The highest BCUT2D eigenvalue weighted by atomic mass is 16.5. The van der Waals surface area contributed by atoms with E-state index in [0.29, 0.717) is 0 Å². The summed E-state index contributed by atoms with van der Waals surface area (Å²) in [7, 11) is 3.30. The van der Waals surface area contributed by atoms with Crippen LogP contribution >= 0.6 is 0 Å². The highest BCUT2D eigenvalue weighted by molar-refractivity contribution is 5.80. The highest BCUT2D eigenvalue weighted by Gasteiger charge is 2.35. The molecule has 1 aliphatic heterocycles. The maximum absolute atomic E-state index is 11.9. The zero-order valence-corrected chi connectivity index (χ0v) is 13.3. The van der Waals surface area contributed by atoms with Crippen molar-refractivity contribution in [2.75, 3.05) is 33.8 Å². The van der Waals surface area contributed by atoms with Crippen molar-refractivity contribution in [2.24, 2.45) is 11.8 Å². The minimum absolute atomic E-state index is 0.160. The van der Waals surface area contributed by atoms with Gasteiger partial charge in [-0.1, -0.05) is 19.3 Å². The van der Waals surface area contributed by atoms with Gasteiger partial charge in [0.1, 0.15) is 5.54 Å². The Morgan fingerprint density at radius 2 is 2.00 bits per heavy atom. The van der Waals surface area contributed by atoms with Crippen LogP contribution in [0.1, 0.15) is 45.4 Å². The number of rotatable bonds is 5. The van der Waals surface area contributed by atoms with Crippen LogP contribution in [0.2, 0.25) is 0 Å². The van der Waals surface area contributed by atoms with Crippen LogP contribution in [0.4, 0.5) is 0 Å². The summed E-state index contributed by atoms with van der Waals surface area (Å²) in [4.78, 5) is 14.4. The van der Waals surface area contributed by atoms with Gasteiger partial charge < -0.3 is 15.0 Å². The quantitative estimate of drug-likeness (QED) is 0.784. The molecule has 2 rings (SSSR count). The number of nitrogens with zero attached hydrogens (tertiary/aromatic N) is 1. The number of fused-ring (bicyclic) bond motifs is 1. The molecule has 0 aromatic heterocycles. The summed E-state index contributed by atoms with van der Waals surface area (Å²) in [5.74, 6) is 1.71. The Balaban J connectivity index is 1.83. The first-order valence-corrected chi connectivity index (χ1v) is 8.09. The molecule has 2 fully saturated rings. The highest BCUT2D eigenvalue weighted by Crippen LogP contribution is 2.36. The van der Waals surface area contributed by atoms with E-state index in [4.69, 9.17) is 4.74 Å². The van der Waals surface area contributed by atoms with Crippen molar-refractivity contribution in [2.45, 2.75) is 51.0 Å². The summed E-state index contributed by atoms with van der Waals surface area (Å²) in [6.07, 6.45) is 7.84. The van der Waals surface area contributed by atoms with Crippen LogP contribution in [0.15, 0.2) is 0 Å². The summed E-state index contributed by atoms with van der Waals surface area (Å²) in [5, 5.41) is 3.12. The van der Waals surface area contributed by atoms with Gasteiger partial charge in [-0.15, -0.1) is 0 Å². The minimum atomic E-state index is -0.557. The van der Waals surface area contributed by atoms with Gasteiger partial charge in [0, 0.05) is 13.1 Å². The van der Waals surface area contributed by atoms with Gasteiger partial charge in [-0.05, 0) is 51.6 Å². The number of carbonyl (C=O) groups excluding carboxylic acids is 1. The second-order valence-electron chi connectivity index (χ2n) is 6.72. The van der Waals surface area contributed by atoms with E-state index < -0.39 is 5.54 Å². The minimum Gasteiger partial charge on any atom is -0.468 e. The summed E-state index contributed by atoms with van der Waals surface area (Å²) in [6, 6.07) is 0. The zero-order valence-electron chi connectivity index (χ0n) is 13.3. The van der Waals surface area contributed by atoms with Gasteiger partial charge in [0.05, 0.1) is 7.11 Å². The van der Waals surface area contributed by atoms with Gasteiger partial charge >= 0.3 is 5.97 Å². The number of hydrogen-bond donors (Lipinski definition) is 1. The predicted molar refractivity (Wildman–Crippen MR) is 80.6 cm³/mol. The summed E-state index contributed by atoms with van der Waals surface area (Å²) >= 11 is 0. The second kappa shape index (κ2) is 6.90. The number of ether oxygens (including phenoxy) is 1. The van der Waals surface area contributed by atoms with Crippen molar-refractivity contribution in [3.63, 3.8) is 0 Å². The molecule has 0 spiro atoms. The van der Waals surface area contributed by atoms with Crippen molar-refractivity contribution in [3.05, 3.63) is 0 Å². The van der Waals surface area contributed by atoms with E-state index in [-0.39, 0.29) is 5.97 Å². The van der Waals surface area contributed by atoms with E-state index in [1.165, 1.54) is 52.3 Å². The average molecular weight is 282 g/mol. The van der Waals surface area contributed by atoms with E-state index in [0.717, 1.165) is 24.8 Å². The van der Waals surface area contributed by atoms with Gasteiger partial charge in [0.15, 0.2) is 0 Å². The lowest BCUT2D eigenvalue weighted by Gasteiger charge is -2.42.